The van der Waals surface area contributed by atoms with Crippen LogP contribution in [0.15, 0.2) is 24.5 Å². The van der Waals surface area contributed by atoms with E-state index in [4.69, 9.17) is 0 Å². The second-order valence-electron chi connectivity index (χ2n) is 9.49. The SMILES string of the molecule is CC(C)CC(=O)N1CCC(N2CC3(CCCCC3)C2c2ccncc2)CC1. The van der Waals surface area contributed by atoms with Crippen molar-refractivity contribution < 1.29 is 4.79 Å². The third-order valence-corrected chi connectivity index (χ3v) is 7.15. The Kier molecular flexibility index (Phi) is 5.54. The van der Waals surface area contributed by atoms with E-state index in [-0.39, 0.29) is 0 Å². The molecule has 3 fully saturated rings. The molecule has 4 heteroatoms. The van der Waals surface area contributed by atoms with Crippen LogP contribution in [0.25, 0.3) is 0 Å². The molecule has 148 valence electrons. The first-order valence-corrected chi connectivity index (χ1v) is 11.0. The van der Waals surface area contributed by atoms with E-state index in [2.05, 4.69) is 40.8 Å². The first kappa shape index (κ1) is 18.9. The Morgan fingerprint density at radius 3 is 2.44 bits per heavy atom. The van der Waals surface area contributed by atoms with Gasteiger partial charge in [-0.15, -0.1) is 0 Å². The molecule has 1 aromatic rings. The van der Waals surface area contributed by atoms with E-state index < -0.39 is 0 Å². The van der Waals surface area contributed by atoms with Gasteiger partial charge in [-0.05, 0) is 49.3 Å². The standard InChI is InChI=1S/C23H35N3O/c1-18(2)16-21(27)25-14-8-20(9-15-25)26-17-23(10-4-3-5-11-23)22(26)19-6-12-24-13-7-19/h6-7,12-13,18,20,22H,3-5,8-11,14-17H2,1-2H3. The molecule has 3 heterocycles. The van der Waals surface area contributed by atoms with Crippen molar-refractivity contribution in [3.8, 4) is 0 Å². The maximum atomic E-state index is 12.4. The molecule has 0 bridgehead atoms. The highest BCUT2D eigenvalue weighted by Gasteiger charge is 2.54. The van der Waals surface area contributed by atoms with Crippen LogP contribution < -0.4 is 0 Å². The molecule has 4 rings (SSSR count). The van der Waals surface area contributed by atoms with Crippen LogP contribution in [0.5, 0.6) is 0 Å². The van der Waals surface area contributed by atoms with Gasteiger partial charge in [0.05, 0.1) is 0 Å². The molecule has 2 aliphatic heterocycles. The predicted octanol–water partition coefficient (Wildman–Crippen LogP) is 4.43. The fourth-order valence-electron chi connectivity index (χ4n) is 5.82. The fourth-order valence-corrected chi connectivity index (χ4v) is 5.82. The lowest BCUT2D eigenvalue weighted by molar-refractivity contribution is -0.144. The first-order chi connectivity index (χ1) is 13.1. The van der Waals surface area contributed by atoms with Gasteiger partial charge >= 0.3 is 0 Å². The first-order valence-electron chi connectivity index (χ1n) is 11.0. The molecule has 27 heavy (non-hydrogen) atoms. The van der Waals surface area contributed by atoms with Gasteiger partial charge in [0, 0.05) is 55.9 Å². The van der Waals surface area contributed by atoms with Gasteiger partial charge in [-0.2, -0.15) is 0 Å². The maximum absolute atomic E-state index is 12.4. The van der Waals surface area contributed by atoms with E-state index in [1.165, 1.54) is 44.2 Å². The smallest absolute Gasteiger partial charge is 0.222 e. The number of hydrogen-bond acceptors (Lipinski definition) is 3. The number of likely N-dealkylation sites (tertiary alicyclic amines) is 2. The van der Waals surface area contributed by atoms with Gasteiger partial charge in [0.25, 0.3) is 0 Å². The summed E-state index contributed by atoms with van der Waals surface area (Å²) in [5.74, 6) is 0.800. The number of carbonyl (C=O) groups excluding carboxylic acids is 1. The molecule has 0 radical (unpaired) electrons. The van der Waals surface area contributed by atoms with Gasteiger partial charge in [-0.1, -0.05) is 33.1 Å². The summed E-state index contributed by atoms with van der Waals surface area (Å²) in [5, 5.41) is 0. The average molecular weight is 370 g/mol. The molecule has 1 aliphatic carbocycles. The maximum Gasteiger partial charge on any atom is 0.222 e. The summed E-state index contributed by atoms with van der Waals surface area (Å²) in [6.07, 6.45) is 13.8. The Labute approximate surface area is 164 Å². The van der Waals surface area contributed by atoms with E-state index in [1.54, 1.807) is 0 Å². The van der Waals surface area contributed by atoms with Crippen LogP contribution in [0.4, 0.5) is 0 Å². The topological polar surface area (TPSA) is 36.4 Å². The van der Waals surface area contributed by atoms with Crippen LogP contribution in [0.2, 0.25) is 0 Å². The summed E-state index contributed by atoms with van der Waals surface area (Å²) in [5.41, 5.74) is 1.95. The normalized spacial score (nSPS) is 26.3. The number of carbonyl (C=O) groups is 1. The molecule has 4 nitrogen and oxygen atoms in total. The zero-order valence-corrected chi connectivity index (χ0v) is 17.1. The number of pyridine rings is 1. The quantitative estimate of drug-likeness (QED) is 0.788. The van der Waals surface area contributed by atoms with Crippen molar-refractivity contribution in [2.24, 2.45) is 11.3 Å². The van der Waals surface area contributed by atoms with Gasteiger partial charge in [-0.3, -0.25) is 14.7 Å². The molecule has 1 atom stereocenters. The second-order valence-corrected chi connectivity index (χ2v) is 9.49. The van der Waals surface area contributed by atoms with Crippen molar-refractivity contribution in [3.05, 3.63) is 30.1 Å². The molecule has 1 aromatic heterocycles. The molecular weight excluding hydrogens is 334 g/mol. The fraction of sp³-hybridized carbons (Fsp3) is 0.739. The lowest BCUT2D eigenvalue weighted by Gasteiger charge is -2.63. The summed E-state index contributed by atoms with van der Waals surface area (Å²) in [4.78, 5) is 21.5. The van der Waals surface area contributed by atoms with E-state index in [1.807, 2.05) is 12.4 Å². The summed E-state index contributed by atoms with van der Waals surface area (Å²) < 4.78 is 0. The molecule has 1 saturated carbocycles. The zero-order chi connectivity index (χ0) is 18.9. The van der Waals surface area contributed by atoms with Gasteiger partial charge in [-0.25, -0.2) is 0 Å². The number of rotatable bonds is 4. The summed E-state index contributed by atoms with van der Waals surface area (Å²) in [7, 11) is 0. The summed E-state index contributed by atoms with van der Waals surface area (Å²) in [6.45, 7) is 7.39. The van der Waals surface area contributed by atoms with E-state index in [9.17, 15) is 4.79 Å². The highest BCUT2D eigenvalue weighted by atomic mass is 16.2. The van der Waals surface area contributed by atoms with Crippen molar-refractivity contribution in [2.45, 2.75) is 77.3 Å². The predicted molar refractivity (Wildman–Crippen MR) is 108 cm³/mol. The molecule has 1 amide bonds. The van der Waals surface area contributed by atoms with Crippen molar-refractivity contribution in [1.82, 2.24) is 14.8 Å². The van der Waals surface area contributed by atoms with E-state index >= 15 is 0 Å². The van der Waals surface area contributed by atoms with Gasteiger partial charge in [0.2, 0.25) is 5.91 Å². The van der Waals surface area contributed by atoms with Gasteiger partial charge in [0.15, 0.2) is 0 Å². The van der Waals surface area contributed by atoms with Crippen molar-refractivity contribution in [1.29, 1.82) is 0 Å². The van der Waals surface area contributed by atoms with E-state index in [0.29, 0.717) is 35.7 Å². The third-order valence-electron chi connectivity index (χ3n) is 7.15. The Hall–Kier alpha value is -1.42. The Morgan fingerprint density at radius 1 is 1.15 bits per heavy atom. The largest absolute Gasteiger partial charge is 0.343 e. The van der Waals surface area contributed by atoms with Crippen molar-refractivity contribution >= 4 is 5.91 Å². The van der Waals surface area contributed by atoms with E-state index in [0.717, 1.165) is 25.9 Å². The Balaban J connectivity index is 1.44. The van der Waals surface area contributed by atoms with Crippen LogP contribution in [-0.4, -0.2) is 46.4 Å². The number of nitrogens with zero attached hydrogens (tertiary/aromatic N) is 3. The molecule has 1 unspecified atom stereocenters. The van der Waals surface area contributed by atoms with Crippen LogP contribution >= 0.6 is 0 Å². The number of hydrogen-bond donors (Lipinski definition) is 0. The molecule has 3 aliphatic rings. The highest BCUT2D eigenvalue weighted by Crippen LogP contribution is 2.58. The molecule has 0 aromatic carbocycles. The number of piperidine rings is 1. The van der Waals surface area contributed by atoms with Crippen LogP contribution in [-0.2, 0) is 4.79 Å². The Bertz CT molecular complexity index is 630. The zero-order valence-electron chi connectivity index (χ0n) is 17.1. The van der Waals surface area contributed by atoms with Crippen LogP contribution in [0.3, 0.4) is 0 Å². The molecule has 1 spiro atoms. The third kappa shape index (κ3) is 3.78. The number of amides is 1. The van der Waals surface area contributed by atoms with Crippen molar-refractivity contribution in [2.75, 3.05) is 19.6 Å². The number of aromatic nitrogens is 1. The van der Waals surface area contributed by atoms with Crippen LogP contribution in [0.1, 0.15) is 76.8 Å². The lowest BCUT2D eigenvalue weighted by Crippen LogP contribution is -2.63. The molecular formula is C23H35N3O. The van der Waals surface area contributed by atoms with Gasteiger partial charge < -0.3 is 4.90 Å². The highest BCUT2D eigenvalue weighted by molar-refractivity contribution is 5.76. The second kappa shape index (κ2) is 7.90. The minimum Gasteiger partial charge on any atom is -0.343 e. The van der Waals surface area contributed by atoms with Crippen molar-refractivity contribution in [3.63, 3.8) is 0 Å². The molecule has 2 saturated heterocycles. The minimum absolute atomic E-state index is 0.349. The average Bonchev–Trinajstić information content (AvgIpc) is 2.67. The molecule has 0 N–H and O–H groups in total. The van der Waals surface area contributed by atoms with Crippen LogP contribution in [0, 0.1) is 11.3 Å². The summed E-state index contributed by atoms with van der Waals surface area (Å²) >= 11 is 0. The lowest BCUT2D eigenvalue weighted by atomic mass is 9.60. The Morgan fingerprint density at radius 2 is 1.81 bits per heavy atom. The summed E-state index contributed by atoms with van der Waals surface area (Å²) in [6, 6.07) is 5.64. The monoisotopic (exact) mass is 369 g/mol. The minimum atomic E-state index is 0.349. The van der Waals surface area contributed by atoms with Gasteiger partial charge in [0.1, 0.15) is 0 Å².